The first-order valence-electron chi connectivity index (χ1n) is 6.68. The molecule has 23 heavy (non-hydrogen) atoms. The van der Waals surface area contributed by atoms with E-state index in [4.69, 9.17) is 9.47 Å². The lowest BCUT2D eigenvalue weighted by molar-refractivity contribution is -0.274. The Hall–Kier alpha value is -2.70. The molecule has 0 radical (unpaired) electrons. The van der Waals surface area contributed by atoms with Crippen molar-refractivity contribution in [2.24, 2.45) is 0 Å². The highest BCUT2D eigenvalue weighted by molar-refractivity contribution is 5.91. The van der Waals surface area contributed by atoms with Gasteiger partial charge >= 0.3 is 12.3 Å². The van der Waals surface area contributed by atoms with Gasteiger partial charge in [-0.3, -0.25) is 0 Å². The number of ether oxygens (including phenoxy) is 3. The summed E-state index contributed by atoms with van der Waals surface area (Å²) in [5.74, 6) is -0.155. The van der Waals surface area contributed by atoms with Crippen LogP contribution in [0.4, 0.5) is 13.2 Å². The first-order chi connectivity index (χ1) is 10.9. The second kappa shape index (κ2) is 7.04. The second-order valence-electron chi connectivity index (χ2n) is 4.37. The molecule has 0 saturated carbocycles. The third kappa shape index (κ3) is 5.21. The van der Waals surface area contributed by atoms with Crippen LogP contribution in [0.1, 0.15) is 17.3 Å². The molecule has 0 saturated heterocycles. The van der Waals surface area contributed by atoms with Crippen LogP contribution in [0.15, 0.2) is 48.5 Å². The van der Waals surface area contributed by atoms with Gasteiger partial charge in [0.15, 0.2) is 0 Å². The zero-order valence-electron chi connectivity index (χ0n) is 12.1. The lowest BCUT2D eigenvalue weighted by Gasteiger charge is -2.09. The molecule has 0 fully saturated rings. The highest BCUT2D eigenvalue weighted by Crippen LogP contribution is 2.23. The summed E-state index contributed by atoms with van der Waals surface area (Å²) < 4.78 is 50.3. The summed E-state index contributed by atoms with van der Waals surface area (Å²) in [6.45, 7) is 2.37. The Morgan fingerprint density at radius 2 is 1.43 bits per heavy atom. The highest BCUT2D eigenvalue weighted by Gasteiger charge is 2.31. The lowest BCUT2D eigenvalue weighted by atomic mass is 10.2. The van der Waals surface area contributed by atoms with E-state index in [2.05, 4.69) is 4.74 Å². The zero-order chi connectivity index (χ0) is 16.9. The number of rotatable bonds is 5. The average Bonchev–Trinajstić information content (AvgIpc) is 2.48. The molecule has 2 rings (SSSR count). The van der Waals surface area contributed by atoms with Crippen LogP contribution < -0.4 is 14.2 Å². The summed E-state index contributed by atoms with van der Waals surface area (Å²) in [5, 5.41) is 0. The van der Waals surface area contributed by atoms with Gasteiger partial charge in [-0.1, -0.05) is 0 Å². The van der Waals surface area contributed by atoms with E-state index in [0.29, 0.717) is 18.1 Å². The number of hydrogen-bond donors (Lipinski definition) is 0. The Bertz CT molecular complexity index is 649. The molecule has 0 aliphatic rings. The van der Waals surface area contributed by atoms with E-state index in [9.17, 15) is 18.0 Å². The largest absolute Gasteiger partial charge is 0.573 e. The van der Waals surface area contributed by atoms with Gasteiger partial charge in [0.25, 0.3) is 0 Å². The number of hydrogen-bond acceptors (Lipinski definition) is 4. The molecule has 122 valence electrons. The van der Waals surface area contributed by atoms with E-state index in [1.165, 1.54) is 12.1 Å². The first-order valence-corrected chi connectivity index (χ1v) is 6.68. The van der Waals surface area contributed by atoms with E-state index in [1.54, 1.807) is 24.3 Å². The van der Waals surface area contributed by atoms with E-state index in [1.807, 2.05) is 6.92 Å². The van der Waals surface area contributed by atoms with Crippen LogP contribution >= 0.6 is 0 Å². The predicted molar refractivity (Wildman–Crippen MR) is 75.7 cm³/mol. The predicted octanol–water partition coefficient (Wildman–Crippen LogP) is 4.20. The van der Waals surface area contributed by atoms with Gasteiger partial charge in [0, 0.05) is 0 Å². The van der Waals surface area contributed by atoms with Crippen LogP contribution in [0.3, 0.4) is 0 Å². The smallest absolute Gasteiger partial charge is 0.494 e. The van der Waals surface area contributed by atoms with E-state index < -0.39 is 18.1 Å². The third-order valence-corrected chi connectivity index (χ3v) is 2.67. The van der Waals surface area contributed by atoms with Crippen LogP contribution in [0, 0.1) is 0 Å². The van der Waals surface area contributed by atoms with Crippen molar-refractivity contribution < 1.29 is 32.2 Å². The van der Waals surface area contributed by atoms with Gasteiger partial charge in [-0.05, 0) is 55.5 Å². The van der Waals surface area contributed by atoms with E-state index >= 15 is 0 Å². The zero-order valence-corrected chi connectivity index (χ0v) is 12.1. The minimum absolute atomic E-state index is 0.105. The molecule has 0 aliphatic heterocycles. The van der Waals surface area contributed by atoms with Crippen molar-refractivity contribution >= 4 is 5.97 Å². The Balaban J connectivity index is 2.00. The van der Waals surface area contributed by atoms with Gasteiger partial charge in [-0.2, -0.15) is 0 Å². The molecular formula is C16H13F3O4. The molecular weight excluding hydrogens is 313 g/mol. The van der Waals surface area contributed by atoms with Crippen LogP contribution in [0.2, 0.25) is 0 Å². The van der Waals surface area contributed by atoms with Gasteiger partial charge in [0.1, 0.15) is 17.2 Å². The maximum absolute atomic E-state index is 12.1. The van der Waals surface area contributed by atoms with Crippen molar-refractivity contribution in [2.45, 2.75) is 13.3 Å². The normalized spacial score (nSPS) is 11.0. The molecule has 2 aromatic carbocycles. The SMILES string of the molecule is CCOc1ccc(OC(=O)c2ccc(OC(F)(F)F)cc2)cc1. The quantitative estimate of drug-likeness (QED) is 0.610. The molecule has 0 N–H and O–H groups in total. The van der Waals surface area contributed by atoms with Crippen molar-refractivity contribution in [1.82, 2.24) is 0 Å². The molecule has 7 heteroatoms. The number of esters is 1. The third-order valence-electron chi connectivity index (χ3n) is 2.67. The van der Waals surface area contributed by atoms with Crippen LogP contribution in [0.25, 0.3) is 0 Å². The minimum atomic E-state index is -4.77. The number of alkyl halides is 3. The van der Waals surface area contributed by atoms with Crippen molar-refractivity contribution in [3.05, 3.63) is 54.1 Å². The van der Waals surface area contributed by atoms with Crippen LogP contribution in [-0.4, -0.2) is 18.9 Å². The fourth-order valence-corrected chi connectivity index (χ4v) is 1.73. The van der Waals surface area contributed by atoms with Crippen molar-refractivity contribution in [1.29, 1.82) is 0 Å². The van der Waals surface area contributed by atoms with E-state index in [-0.39, 0.29) is 5.56 Å². The molecule has 0 spiro atoms. The van der Waals surface area contributed by atoms with Gasteiger partial charge in [-0.15, -0.1) is 13.2 Å². The van der Waals surface area contributed by atoms with Crippen LogP contribution in [0.5, 0.6) is 17.2 Å². The molecule has 0 heterocycles. The highest BCUT2D eigenvalue weighted by atomic mass is 19.4. The summed E-state index contributed by atoms with van der Waals surface area (Å²) in [7, 11) is 0. The molecule has 0 amide bonds. The van der Waals surface area contributed by atoms with Gasteiger partial charge in [-0.25, -0.2) is 4.79 Å². The maximum atomic E-state index is 12.1. The Labute approximate surface area is 130 Å². The Morgan fingerprint density at radius 3 is 1.96 bits per heavy atom. The number of carbonyl (C=O) groups is 1. The topological polar surface area (TPSA) is 44.8 Å². The maximum Gasteiger partial charge on any atom is 0.573 e. The molecule has 0 aliphatic carbocycles. The van der Waals surface area contributed by atoms with E-state index in [0.717, 1.165) is 12.1 Å². The Kier molecular flexibility index (Phi) is 5.10. The van der Waals surface area contributed by atoms with Crippen molar-refractivity contribution in [3.8, 4) is 17.2 Å². The van der Waals surface area contributed by atoms with Crippen molar-refractivity contribution in [3.63, 3.8) is 0 Å². The number of carbonyl (C=O) groups excluding carboxylic acids is 1. The second-order valence-corrected chi connectivity index (χ2v) is 4.37. The number of halogens is 3. The minimum Gasteiger partial charge on any atom is -0.494 e. The molecule has 0 atom stereocenters. The molecule has 2 aromatic rings. The fraction of sp³-hybridized carbons (Fsp3) is 0.188. The molecule has 0 unspecified atom stereocenters. The first kappa shape index (κ1) is 16.7. The van der Waals surface area contributed by atoms with Crippen molar-refractivity contribution in [2.75, 3.05) is 6.61 Å². The summed E-state index contributed by atoms with van der Waals surface area (Å²) in [4.78, 5) is 11.9. The average molecular weight is 326 g/mol. The molecule has 0 bridgehead atoms. The summed E-state index contributed by atoms with van der Waals surface area (Å²) >= 11 is 0. The molecule has 0 aromatic heterocycles. The summed E-state index contributed by atoms with van der Waals surface area (Å²) in [6.07, 6.45) is -4.77. The molecule has 4 nitrogen and oxygen atoms in total. The van der Waals surface area contributed by atoms with Gasteiger partial charge in [0.05, 0.1) is 12.2 Å². The summed E-state index contributed by atoms with van der Waals surface area (Å²) in [6, 6.07) is 10.9. The number of benzene rings is 2. The Morgan fingerprint density at radius 1 is 0.913 bits per heavy atom. The monoisotopic (exact) mass is 326 g/mol. The lowest BCUT2D eigenvalue weighted by Crippen LogP contribution is -2.17. The van der Waals surface area contributed by atoms with Gasteiger partial charge < -0.3 is 14.2 Å². The fourth-order valence-electron chi connectivity index (χ4n) is 1.73. The summed E-state index contributed by atoms with van der Waals surface area (Å²) in [5.41, 5.74) is 0.105. The van der Waals surface area contributed by atoms with Gasteiger partial charge in [0.2, 0.25) is 0 Å². The van der Waals surface area contributed by atoms with Crippen LogP contribution in [-0.2, 0) is 0 Å². The standard InChI is InChI=1S/C16H13F3O4/c1-2-21-12-7-9-13(10-8-12)22-15(20)11-3-5-14(6-4-11)23-16(17,18)19/h3-10H,2H2,1H3.